The van der Waals surface area contributed by atoms with Gasteiger partial charge in [0.1, 0.15) is 0 Å². The Labute approximate surface area is 49.8 Å². The first kappa shape index (κ1) is 6.01. The second-order valence-electron chi connectivity index (χ2n) is 2.77. The Kier molecular flexibility index (Phi) is 1.51. The standard InChI is InChI=1S/C5H13N3/c1-5(2)3-7-8-4-6-5/h6-8H,3-4H2,1-2H3. The molecule has 3 N–H and O–H groups in total. The van der Waals surface area contributed by atoms with Crippen LogP contribution in [0.3, 0.4) is 0 Å². The van der Waals surface area contributed by atoms with E-state index >= 15 is 0 Å². The van der Waals surface area contributed by atoms with Gasteiger partial charge in [-0.3, -0.25) is 10.7 Å². The molecule has 0 aliphatic carbocycles. The van der Waals surface area contributed by atoms with Crippen LogP contribution in [-0.4, -0.2) is 18.8 Å². The van der Waals surface area contributed by atoms with E-state index < -0.39 is 0 Å². The van der Waals surface area contributed by atoms with Gasteiger partial charge in [-0.15, -0.1) is 0 Å². The molecule has 0 amide bonds. The molecule has 1 rings (SSSR count). The van der Waals surface area contributed by atoms with Gasteiger partial charge in [-0.05, 0) is 13.8 Å². The van der Waals surface area contributed by atoms with Crippen LogP contribution in [0, 0.1) is 0 Å². The molecule has 0 bridgehead atoms. The summed E-state index contributed by atoms with van der Waals surface area (Å²) in [6.07, 6.45) is 0. The summed E-state index contributed by atoms with van der Waals surface area (Å²) in [6, 6.07) is 0. The van der Waals surface area contributed by atoms with Gasteiger partial charge >= 0.3 is 0 Å². The topological polar surface area (TPSA) is 36.1 Å². The van der Waals surface area contributed by atoms with E-state index in [1.807, 2.05) is 0 Å². The van der Waals surface area contributed by atoms with Gasteiger partial charge in [-0.2, -0.15) is 0 Å². The van der Waals surface area contributed by atoms with Crippen LogP contribution in [0.4, 0.5) is 0 Å². The van der Waals surface area contributed by atoms with Gasteiger partial charge in [-0.1, -0.05) is 0 Å². The third kappa shape index (κ3) is 1.43. The molecule has 1 aliphatic rings. The lowest BCUT2D eigenvalue weighted by Crippen LogP contribution is -2.60. The summed E-state index contributed by atoms with van der Waals surface area (Å²) >= 11 is 0. The summed E-state index contributed by atoms with van der Waals surface area (Å²) in [5.41, 5.74) is 6.30. The second kappa shape index (κ2) is 2.01. The van der Waals surface area contributed by atoms with Gasteiger partial charge in [-0.25, -0.2) is 5.43 Å². The second-order valence-corrected chi connectivity index (χ2v) is 2.77. The van der Waals surface area contributed by atoms with Crippen LogP contribution >= 0.6 is 0 Å². The third-order valence-electron chi connectivity index (χ3n) is 1.31. The van der Waals surface area contributed by atoms with Crippen LogP contribution in [0.1, 0.15) is 13.8 Å². The highest BCUT2D eigenvalue weighted by atomic mass is 15.4. The van der Waals surface area contributed by atoms with E-state index in [9.17, 15) is 0 Å². The lowest BCUT2D eigenvalue weighted by molar-refractivity contribution is 0.269. The lowest BCUT2D eigenvalue weighted by atomic mass is 10.1. The Morgan fingerprint density at radius 2 is 2.00 bits per heavy atom. The predicted octanol–water partition coefficient (Wildman–Crippen LogP) is -0.580. The number of hydrazine groups is 1. The highest BCUT2D eigenvalue weighted by molar-refractivity contribution is 4.80. The van der Waals surface area contributed by atoms with E-state index in [1.165, 1.54) is 0 Å². The number of hydrogen-bond donors (Lipinski definition) is 3. The maximum absolute atomic E-state index is 3.28. The van der Waals surface area contributed by atoms with Crippen molar-refractivity contribution >= 4 is 0 Å². The molecule has 0 unspecified atom stereocenters. The zero-order chi connectivity index (χ0) is 6.04. The van der Waals surface area contributed by atoms with Crippen LogP contribution in [0.25, 0.3) is 0 Å². The van der Waals surface area contributed by atoms with Crippen LogP contribution in [0.2, 0.25) is 0 Å². The van der Waals surface area contributed by atoms with Gasteiger partial charge in [0, 0.05) is 12.1 Å². The van der Waals surface area contributed by atoms with Crippen molar-refractivity contribution in [3.63, 3.8) is 0 Å². The fourth-order valence-electron chi connectivity index (χ4n) is 0.692. The van der Waals surface area contributed by atoms with Crippen molar-refractivity contribution in [1.29, 1.82) is 0 Å². The molecule has 3 heteroatoms. The van der Waals surface area contributed by atoms with E-state index in [0.717, 1.165) is 13.2 Å². The first-order chi connectivity index (χ1) is 3.71. The summed E-state index contributed by atoms with van der Waals surface area (Å²) in [6.45, 7) is 6.17. The Morgan fingerprint density at radius 1 is 1.25 bits per heavy atom. The molecule has 1 fully saturated rings. The van der Waals surface area contributed by atoms with E-state index in [1.54, 1.807) is 0 Å². The van der Waals surface area contributed by atoms with E-state index in [4.69, 9.17) is 0 Å². The minimum atomic E-state index is 0.255. The van der Waals surface area contributed by atoms with E-state index in [-0.39, 0.29) is 5.54 Å². The highest BCUT2D eigenvalue weighted by Crippen LogP contribution is 1.99. The Hall–Kier alpha value is -0.120. The van der Waals surface area contributed by atoms with Gasteiger partial charge in [0.15, 0.2) is 0 Å². The number of nitrogens with one attached hydrogen (secondary N) is 3. The summed E-state index contributed by atoms with van der Waals surface area (Å²) < 4.78 is 0. The first-order valence-corrected chi connectivity index (χ1v) is 2.91. The molecule has 1 heterocycles. The molecule has 0 spiro atoms. The normalized spacial score (nSPS) is 27.8. The quantitative estimate of drug-likeness (QED) is 0.395. The van der Waals surface area contributed by atoms with Crippen molar-refractivity contribution < 1.29 is 0 Å². The Balaban J connectivity index is 2.33. The van der Waals surface area contributed by atoms with Gasteiger partial charge in [0.2, 0.25) is 0 Å². The maximum Gasteiger partial charge on any atom is 0.0594 e. The third-order valence-corrected chi connectivity index (χ3v) is 1.31. The molecule has 0 aromatic carbocycles. The van der Waals surface area contributed by atoms with Crippen molar-refractivity contribution in [2.75, 3.05) is 13.2 Å². The average molecular weight is 115 g/mol. The summed E-state index contributed by atoms with van der Waals surface area (Å²) in [7, 11) is 0. The van der Waals surface area contributed by atoms with Crippen molar-refractivity contribution in [3.05, 3.63) is 0 Å². The van der Waals surface area contributed by atoms with Crippen LogP contribution in [0.5, 0.6) is 0 Å². The SMILES string of the molecule is CC1(C)CNNCN1. The number of rotatable bonds is 0. The zero-order valence-electron chi connectivity index (χ0n) is 5.41. The molecule has 1 aliphatic heterocycles. The van der Waals surface area contributed by atoms with Crippen molar-refractivity contribution in [2.45, 2.75) is 19.4 Å². The van der Waals surface area contributed by atoms with Crippen LogP contribution < -0.4 is 16.2 Å². The Morgan fingerprint density at radius 3 is 2.25 bits per heavy atom. The van der Waals surface area contributed by atoms with Crippen molar-refractivity contribution in [2.24, 2.45) is 0 Å². The van der Waals surface area contributed by atoms with E-state index in [0.29, 0.717) is 0 Å². The summed E-state index contributed by atoms with van der Waals surface area (Å²) in [5, 5.41) is 3.28. The van der Waals surface area contributed by atoms with Crippen molar-refractivity contribution in [3.8, 4) is 0 Å². The molecule has 0 aromatic rings. The monoisotopic (exact) mass is 115 g/mol. The highest BCUT2D eigenvalue weighted by Gasteiger charge is 2.18. The molecule has 48 valence electrons. The largest absolute Gasteiger partial charge is 0.297 e. The summed E-state index contributed by atoms with van der Waals surface area (Å²) in [5.74, 6) is 0. The summed E-state index contributed by atoms with van der Waals surface area (Å²) in [4.78, 5) is 0. The van der Waals surface area contributed by atoms with Gasteiger partial charge < -0.3 is 0 Å². The minimum absolute atomic E-state index is 0.255. The fourth-order valence-corrected chi connectivity index (χ4v) is 0.692. The van der Waals surface area contributed by atoms with Crippen molar-refractivity contribution in [1.82, 2.24) is 16.2 Å². The molecule has 8 heavy (non-hydrogen) atoms. The molecule has 0 radical (unpaired) electrons. The molecular weight excluding hydrogens is 102 g/mol. The average Bonchev–Trinajstić information content (AvgIpc) is 1.65. The molecule has 0 aromatic heterocycles. The Bertz CT molecular complexity index is 71.7. The van der Waals surface area contributed by atoms with Crippen LogP contribution in [0.15, 0.2) is 0 Å². The molecular formula is C5H13N3. The molecule has 1 saturated heterocycles. The molecule has 3 nitrogen and oxygen atoms in total. The minimum Gasteiger partial charge on any atom is -0.297 e. The van der Waals surface area contributed by atoms with Crippen LogP contribution in [-0.2, 0) is 0 Å². The first-order valence-electron chi connectivity index (χ1n) is 2.91. The lowest BCUT2D eigenvalue weighted by Gasteiger charge is -2.31. The smallest absolute Gasteiger partial charge is 0.0594 e. The molecule has 0 atom stereocenters. The maximum atomic E-state index is 3.28. The fraction of sp³-hybridized carbons (Fsp3) is 1.00. The van der Waals surface area contributed by atoms with E-state index in [2.05, 4.69) is 30.0 Å². The number of hydrogen-bond acceptors (Lipinski definition) is 3. The zero-order valence-corrected chi connectivity index (χ0v) is 5.41. The predicted molar refractivity (Wildman–Crippen MR) is 33.2 cm³/mol. The van der Waals surface area contributed by atoms with Gasteiger partial charge in [0.05, 0.1) is 6.67 Å². The van der Waals surface area contributed by atoms with Gasteiger partial charge in [0.25, 0.3) is 0 Å². The molecule has 0 saturated carbocycles.